The number of hydrogen-bond donors (Lipinski definition) is 2. The number of pyridine rings is 2. The summed E-state index contributed by atoms with van der Waals surface area (Å²) in [4.78, 5) is 42.9. The number of benzene rings is 1. The summed E-state index contributed by atoms with van der Waals surface area (Å²) in [6.45, 7) is 5.62. The topological polar surface area (TPSA) is 107 Å². The van der Waals surface area contributed by atoms with Crippen molar-refractivity contribution in [3.8, 4) is 11.1 Å². The molecule has 0 unspecified atom stereocenters. The lowest BCUT2D eigenvalue weighted by atomic mass is 10.0. The van der Waals surface area contributed by atoms with Gasteiger partial charge in [-0.1, -0.05) is 6.92 Å². The van der Waals surface area contributed by atoms with Gasteiger partial charge in [-0.15, -0.1) is 0 Å². The zero-order valence-electron chi connectivity index (χ0n) is 22.9. The lowest BCUT2D eigenvalue weighted by molar-refractivity contribution is -0.142. The molecule has 40 heavy (non-hydrogen) atoms. The van der Waals surface area contributed by atoms with E-state index < -0.39 is 35.1 Å². The molecule has 3 aromatic heterocycles. The van der Waals surface area contributed by atoms with Crippen LogP contribution in [0.2, 0.25) is 0 Å². The summed E-state index contributed by atoms with van der Waals surface area (Å²) in [7, 11) is 2.81. The molecule has 1 aromatic carbocycles. The molecule has 0 aliphatic heterocycles. The monoisotopic (exact) mass is 551 g/mol. The second-order valence-electron chi connectivity index (χ2n) is 9.67. The van der Waals surface area contributed by atoms with E-state index in [0.717, 1.165) is 31.2 Å². The molecule has 0 radical (unpaired) electrons. The van der Waals surface area contributed by atoms with Gasteiger partial charge in [-0.25, -0.2) is 18.6 Å². The van der Waals surface area contributed by atoms with E-state index in [1.54, 1.807) is 42.2 Å². The highest BCUT2D eigenvalue weighted by Crippen LogP contribution is 2.26. The summed E-state index contributed by atoms with van der Waals surface area (Å²) in [5.41, 5.74) is 2.09. The van der Waals surface area contributed by atoms with Gasteiger partial charge in [0.25, 0.3) is 11.5 Å². The molecule has 11 heteroatoms. The van der Waals surface area contributed by atoms with Gasteiger partial charge >= 0.3 is 5.97 Å². The van der Waals surface area contributed by atoms with Crippen LogP contribution in [-0.4, -0.2) is 45.0 Å². The Morgan fingerprint density at radius 2 is 1.82 bits per heavy atom. The molecule has 0 aliphatic rings. The van der Waals surface area contributed by atoms with E-state index >= 15 is 0 Å². The first-order chi connectivity index (χ1) is 19.0. The minimum Gasteiger partial charge on any atom is -0.467 e. The van der Waals surface area contributed by atoms with Crippen molar-refractivity contribution in [2.45, 2.75) is 45.7 Å². The lowest BCUT2D eigenvalue weighted by Gasteiger charge is -2.19. The van der Waals surface area contributed by atoms with Crippen molar-refractivity contribution in [2.24, 2.45) is 7.05 Å². The fourth-order valence-corrected chi connectivity index (χ4v) is 4.51. The van der Waals surface area contributed by atoms with Crippen LogP contribution in [0, 0.1) is 18.6 Å². The number of rotatable bonds is 9. The van der Waals surface area contributed by atoms with Crippen molar-refractivity contribution < 1.29 is 23.1 Å². The lowest BCUT2D eigenvalue weighted by Crippen LogP contribution is -2.44. The Kier molecular flexibility index (Phi) is 8.32. The largest absolute Gasteiger partial charge is 0.467 e. The summed E-state index contributed by atoms with van der Waals surface area (Å²) in [5, 5.41) is 5.38. The number of hydrogen-bond acceptors (Lipinski definition) is 6. The predicted octanol–water partition coefficient (Wildman–Crippen LogP) is 4.01. The number of aromatic nitrogens is 3. The van der Waals surface area contributed by atoms with Crippen molar-refractivity contribution in [3.63, 3.8) is 0 Å². The minimum absolute atomic E-state index is 0.0256. The normalized spacial score (nSPS) is 12.7. The Morgan fingerprint density at radius 1 is 1.12 bits per heavy atom. The van der Waals surface area contributed by atoms with Crippen LogP contribution in [0.4, 0.5) is 14.5 Å². The summed E-state index contributed by atoms with van der Waals surface area (Å²) >= 11 is 0. The van der Waals surface area contributed by atoms with E-state index in [9.17, 15) is 23.2 Å². The molecule has 4 aromatic rings. The maximum atomic E-state index is 14.8. The highest BCUT2D eigenvalue weighted by molar-refractivity contribution is 5.97. The van der Waals surface area contributed by atoms with Crippen molar-refractivity contribution in [2.75, 3.05) is 12.4 Å². The molecule has 2 atom stereocenters. The van der Waals surface area contributed by atoms with Crippen LogP contribution >= 0.6 is 0 Å². The number of amides is 1. The summed E-state index contributed by atoms with van der Waals surface area (Å²) in [5.74, 6) is -4.02. The molecule has 0 bridgehead atoms. The Morgan fingerprint density at radius 3 is 2.48 bits per heavy atom. The van der Waals surface area contributed by atoms with Gasteiger partial charge in [0.1, 0.15) is 28.9 Å². The summed E-state index contributed by atoms with van der Waals surface area (Å²) < 4.78 is 37.7. The van der Waals surface area contributed by atoms with Crippen LogP contribution in [0.1, 0.15) is 41.9 Å². The maximum absolute atomic E-state index is 14.8. The quantitative estimate of drug-likeness (QED) is 0.305. The van der Waals surface area contributed by atoms with Crippen LogP contribution in [0.5, 0.6) is 0 Å². The Bertz CT molecular complexity index is 1620. The predicted molar refractivity (Wildman–Crippen MR) is 147 cm³/mol. The number of anilines is 1. The highest BCUT2D eigenvalue weighted by Gasteiger charge is 2.28. The molecular formula is C29H31F2N5O4. The number of fused-ring (bicyclic) bond motifs is 1. The number of esters is 1. The van der Waals surface area contributed by atoms with E-state index in [1.807, 2.05) is 26.8 Å². The third-order valence-corrected chi connectivity index (χ3v) is 6.88. The van der Waals surface area contributed by atoms with Gasteiger partial charge < -0.3 is 24.3 Å². The van der Waals surface area contributed by atoms with Crippen LogP contribution in [0.3, 0.4) is 0 Å². The zero-order chi connectivity index (χ0) is 29.1. The summed E-state index contributed by atoms with van der Waals surface area (Å²) in [6.07, 6.45) is 5.56. The fraction of sp³-hybridized carbons (Fsp3) is 0.310. The van der Waals surface area contributed by atoms with Crippen molar-refractivity contribution in [1.82, 2.24) is 19.3 Å². The first-order valence-electron chi connectivity index (χ1n) is 12.8. The Labute approximate surface area is 229 Å². The van der Waals surface area contributed by atoms with Crippen LogP contribution in [-0.2, 0) is 23.0 Å². The SMILES string of the molecule is CC[C@H](C)Nc1cc(F)c(C(=O)N[C@@H](Cc2ccc(-c3c(C)ccn(C)c3=O)c3nccn23)C(=O)OC)c(F)c1. The highest BCUT2D eigenvalue weighted by atomic mass is 19.1. The van der Waals surface area contributed by atoms with Crippen LogP contribution in [0.15, 0.2) is 53.7 Å². The third-order valence-electron chi connectivity index (χ3n) is 6.88. The average molecular weight is 552 g/mol. The number of carbonyl (C=O) groups is 2. The van der Waals surface area contributed by atoms with Crippen molar-refractivity contribution >= 4 is 23.2 Å². The van der Waals surface area contributed by atoms with Gasteiger partial charge in [-0.05, 0) is 56.2 Å². The van der Waals surface area contributed by atoms with Gasteiger partial charge in [-0.3, -0.25) is 9.59 Å². The molecule has 2 N–H and O–H groups in total. The van der Waals surface area contributed by atoms with Crippen molar-refractivity contribution in [3.05, 3.63) is 87.7 Å². The molecule has 1 amide bonds. The third kappa shape index (κ3) is 5.58. The van der Waals surface area contributed by atoms with Crippen LogP contribution < -0.4 is 16.2 Å². The van der Waals surface area contributed by atoms with E-state index in [1.165, 1.54) is 4.57 Å². The van der Waals surface area contributed by atoms with Gasteiger partial charge in [-0.2, -0.15) is 0 Å². The molecular weight excluding hydrogens is 520 g/mol. The van der Waals surface area contributed by atoms with Gasteiger partial charge in [0.2, 0.25) is 0 Å². The number of nitrogens with one attached hydrogen (secondary N) is 2. The molecule has 0 fully saturated rings. The van der Waals surface area contributed by atoms with Gasteiger partial charge in [0, 0.05) is 55.0 Å². The number of imidazole rings is 1. The van der Waals surface area contributed by atoms with Gasteiger partial charge in [0.05, 0.1) is 12.7 Å². The zero-order valence-corrected chi connectivity index (χ0v) is 22.9. The second kappa shape index (κ2) is 11.7. The fourth-order valence-electron chi connectivity index (χ4n) is 4.51. The molecule has 0 spiro atoms. The second-order valence-corrected chi connectivity index (χ2v) is 9.67. The van der Waals surface area contributed by atoms with E-state index in [4.69, 9.17) is 4.74 Å². The van der Waals surface area contributed by atoms with E-state index in [2.05, 4.69) is 15.6 Å². The number of ether oxygens (including phenoxy) is 1. The maximum Gasteiger partial charge on any atom is 0.328 e. The molecule has 3 heterocycles. The minimum atomic E-state index is -1.27. The molecule has 0 saturated heterocycles. The van der Waals surface area contributed by atoms with E-state index in [-0.39, 0.29) is 23.7 Å². The number of aryl methyl sites for hydroxylation is 2. The number of halogens is 2. The average Bonchev–Trinajstić information content (AvgIpc) is 3.41. The van der Waals surface area contributed by atoms with Crippen molar-refractivity contribution in [1.29, 1.82) is 0 Å². The smallest absolute Gasteiger partial charge is 0.328 e. The molecule has 210 valence electrons. The number of methoxy groups -OCH3 is 1. The summed E-state index contributed by atoms with van der Waals surface area (Å²) in [6, 6.07) is 6.05. The number of carbonyl (C=O) groups excluding carboxylic acids is 2. The molecule has 4 rings (SSSR count). The standard InChI is InChI=1S/C29H31F2N5O4/c1-6-17(3)33-18-13-21(30)25(22(31)14-18)27(37)34-23(29(39)40-5)15-19-7-8-20(26-32-10-12-36(19)26)24-16(2)9-11-35(4)28(24)38/h7-14,17,23,33H,6,15H2,1-5H3,(H,34,37)/t17-,23-/m0/s1. The molecule has 0 aliphatic carbocycles. The first-order valence-corrected chi connectivity index (χ1v) is 12.8. The van der Waals surface area contributed by atoms with Crippen LogP contribution in [0.25, 0.3) is 16.8 Å². The Hall–Kier alpha value is -4.54. The van der Waals surface area contributed by atoms with Gasteiger partial charge in [0.15, 0.2) is 0 Å². The molecule has 0 saturated carbocycles. The number of nitrogens with zero attached hydrogens (tertiary/aromatic N) is 3. The Balaban J connectivity index is 1.66. The molecule has 9 nitrogen and oxygen atoms in total. The first kappa shape index (κ1) is 28.5. The van der Waals surface area contributed by atoms with E-state index in [0.29, 0.717) is 22.5 Å².